The molecule has 1 heterocycles. The quantitative estimate of drug-likeness (QED) is 0.553. The van der Waals surface area contributed by atoms with E-state index in [0.717, 1.165) is 13.1 Å². The van der Waals surface area contributed by atoms with E-state index in [1.807, 2.05) is 0 Å². The number of hydrogen-bond acceptors (Lipinski definition) is 2. The molecule has 0 unspecified atom stereocenters. The Morgan fingerprint density at radius 3 is 2.22 bits per heavy atom. The summed E-state index contributed by atoms with van der Waals surface area (Å²) in [6.07, 6.45) is 6.36. The van der Waals surface area contributed by atoms with Crippen molar-refractivity contribution in [2.75, 3.05) is 13.1 Å². The van der Waals surface area contributed by atoms with Crippen LogP contribution in [0.15, 0.2) is 0 Å². The summed E-state index contributed by atoms with van der Waals surface area (Å²) < 4.78 is 0. The van der Waals surface area contributed by atoms with Crippen LogP contribution in [-0.2, 0) is 4.84 Å². The molecule has 0 aromatic heterocycles. The number of hydrogen-bond donors (Lipinski definition) is 0. The third-order valence-corrected chi connectivity index (χ3v) is 1.98. The smallest absolute Gasteiger partial charge is 0.121 e. The van der Waals surface area contributed by atoms with Gasteiger partial charge in [-0.25, -0.2) is 0 Å². The largest absolute Gasteiger partial charge is 0.289 e. The molecule has 2 aliphatic rings. The Hall–Kier alpha value is -0.0800. The van der Waals surface area contributed by atoms with Crippen LogP contribution in [0.25, 0.3) is 0 Å². The minimum absolute atomic E-state index is 1.14. The minimum atomic E-state index is 1.14. The van der Waals surface area contributed by atoms with Crippen molar-refractivity contribution in [1.82, 2.24) is 5.06 Å². The van der Waals surface area contributed by atoms with Crippen LogP contribution in [-0.4, -0.2) is 18.2 Å². The highest BCUT2D eigenvalue weighted by Crippen LogP contribution is 2.31. The SMILES string of the molecule is C1C[C](ON2CCC2)C1. The molecule has 0 spiro atoms. The van der Waals surface area contributed by atoms with Crippen LogP contribution in [0.4, 0.5) is 0 Å². The molecule has 1 aliphatic heterocycles. The Kier molecular flexibility index (Phi) is 1.44. The summed E-state index contributed by atoms with van der Waals surface area (Å²) in [5.74, 6) is 0. The van der Waals surface area contributed by atoms with Crippen LogP contribution in [0.2, 0.25) is 0 Å². The van der Waals surface area contributed by atoms with Gasteiger partial charge < -0.3 is 0 Å². The van der Waals surface area contributed by atoms with Crippen molar-refractivity contribution in [2.24, 2.45) is 0 Å². The van der Waals surface area contributed by atoms with E-state index < -0.39 is 0 Å². The van der Waals surface area contributed by atoms with Crippen molar-refractivity contribution in [3.05, 3.63) is 6.10 Å². The Labute approximate surface area is 55.7 Å². The molecule has 1 radical (unpaired) electrons. The van der Waals surface area contributed by atoms with Crippen LogP contribution < -0.4 is 0 Å². The first-order valence-corrected chi connectivity index (χ1v) is 3.73. The van der Waals surface area contributed by atoms with Crippen LogP contribution >= 0.6 is 0 Å². The van der Waals surface area contributed by atoms with Gasteiger partial charge in [-0.15, -0.1) is 0 Å². The van der Waals surface area contributed by atoms with Crippen LogP contribution in [0.3, 0.4) is 0 Å². The third-order valence-electron chi connectivity index (χ3n) is 1.98. The topological polar surface area (TPSA) is 12.5 Å². The van der Waals surface area contributed by atoms with Gasteiger partial charge in [0, 0.05) is 13.1 Å². The average Bonchev–Trinajstić information content (AvgIpc) is 1.57. The predicted octanol–water partition coefficient (Wildman–Crippen LogP) is 1.34. The maximum absolute atomic E-state index is 5.47. The highest BCUT2D eigenvalue weighted by molar-refractivity contribution is 4.88. The Morgan fingerprint density at radius 1 is 1.11 bits per heavy atom. The zero-order valence-corrected chi connectivity index (χ0v) is 5.60. The summed E-state index contributed by atoms with van der Waals surface area (Å²) in [6, 6.07) is 0. The highest BCUT2D eigenvalue weighted by atomic mass is 16.7. The molecular weight excluding hydrogens is 114 g/mol. The molecular formula is C7H12NO. The number of rotatable bonds is 2. The monoisotopic (exact) mass is 126 g/mol. The zero-order chi connectivity index (χ0) is 6.10. The standard InChI is InChI=1S/C7H12NO/c1-3-7(4-1)9-8-5-2-6-8/h1-6H2. The lowest BCUT2D eigenvalue weighted by Crippen LogP contribution is -2.39. The highest BCUT2D eigenvalue weighted by Gasteiger charge is 2.25. The average molecular weight is 126 g/mol. The van der Waals surface area contributed by atoms with Crippen molar-refractivity contribution >= 4 is 0 Å². The molecule has 9 heavy (non-hydrogen) atoms. The van der Waals surface area contributed by atoms with E-state index in [2.05, 4.69) is 5.06 Å². The summed E-state index contributed by atoms with van der Waals surface area (Å²) >= 11 is 0. The van der Waals surface area contributed by atoms with Gasteiger partial charge >= 0.3 is 0 Å². The first-order chi connectivity index (χ1) is 4.45. The molecule has 2 rings (SSSR count). The van der Waals surface area contributed by atoms with Crippen molar-refractivity contribution in [3.8, 4) is 0 Å². The summed E-state index contributed by atoms with van der Waals surface area (Å²) in [6.45, 7) is 2.28. The second-order valence-corrected chi connectivity index (χ2v) is 2.77. The third kappa shape index (κ3) is 1.10. The lowest BCUT2D eigenvalue weighted by molar-refractivity contribution is -0.202. The lowest BCUT2D eigenvalue weighted by Gasteiger charge is -2.35. The molecule has 1 aliphatic carbocycles. The molecule has 2 heteroatoms. The van der Waals surface area contributed by atoms with Crippen molar-refractivity contribution in [2.45, 2.75) is 25.7 Å². The van der Waals surface area contributed by atoms with Crippen LogP contribution in [0, 0.1) is 6.10 Å². The van der Waals surface area contributed by atoms with E-state index in [4.69, 9.17) is 4.84 Å². The summed E-state index contributed by atoms with van der Waals surface area (Å²) in [5.41, 5.74) is 0. The van der Waals surface area contributed by atoms with E-state index in [9.17, 15) is 0 Å². The second kappa shape index (κ2) is 2.27. The molecule has 0 N–H and O–H groups in total. The number of nitrogens with zero attached hydrogens (tertiary/aromatic N) is 1. The number of hydroxylamine groups is 2. The Morgan fingerprint density at radius 2 is 1.89 bits per heavy atom. The van der Waals surface area contributed by atoms with Crippen LogP contribution in [0.1, 0.15) is 25.7 Å². The fourth-order valence-electron chi connectivity index (χ4n) is 0.973. The minimum Gasteiger partial charge on any atom is -0.289 e. The van der Waals surface area contributed by atoms with E-state index >= 15 is 0 Å². The van der Waals surface area contributed by atoms with Crippen LogP contribution in [0.5, 0.6) is 0 Å². The van der Waals surface area contributed by atoms with E-state index in [1.54, 1.807) is 0 Å². The van der Waals surface area contributed by atoms with Gasteiger partial charge in [-0.05, 0) is 25.7 Å². The second-order valence-electron chi connectivity index (χ2n) is 2.77. The fourth-order valence-corrected chi connectivity index (χ4v) is 0.973. The molecule has 51 valence electrons. The maximum atomic E-state index is 5.47. The van der Waals surface area contributed by atoms with Crippen molar-refractivity contribution in [3.63, 3.8) is 0 Å². The van der Waals surface area contributed by atoms with Crippen molar-refractivity contribution < 1.29 is 4.84 Å². The van der Waals surface area contributed by atoms with Crippen molar-refractivity contribution in [1.29, 1.82) is 0 Å². The predicted molar refractivity (Wildman–Crippen MR) is 34.4 cm³/mol. The van der Waals surface area contributed by atoms with E-state index in [0.29, 0.717) is 0 Å². The molecule has 0 atom stereocenters. The Balaban J connectivity index is 1.64. The summed E-state index contributed by atoms with van der Waals surface area (Å²) in [4.78, 5) is 5.47. The van der Waals surface area contributed by atoms with E-state index in [1.165, 1.54) is 31.8 Å². The van der Waals surface area contributed by atoms with E-state index in [-0.39, 0.29) is 0 Å². The van der Waals surface area contributed by atoms with Gasteiger partial charge in [0.25, 0.3) is 0 Å². The summed E-state index contributed by atoms with van der Waals surface area (Å²) in [5, 5.41) is 2.05. The molecule has 0 amide bonds. The lowest BCUT2D eigenvalue weighted by atomic mass is 9.96. The maximum Gasteiger partial charge on any atom is 0.121 e. The normalized spacial score (nSPS) is 29.3. The molecule has 1 saturated heterocycles. The molecule has 0 bridgehead atoms. The molecule has 1 saturated carbocycles. The van der Waals surface area contributed by atoms with Gasteiger partial charge in [-0.2, -0.15) is 5.06 Å². The van der Waals surface area contributed by atoms with Gasteiger partial charge in [0.15, 0.2) is 0 Å². The molecule has 0 aromatic carbocycles. The fraction of sp³-hybridized carbons (Fsp3) is 0.857. The molecule has 0 aromatic rings. The molecule has 2 fully saturated rings. The molecule has 2 nitrogen and oxygen atoms in total. The van der Waals surface area contributed by atoms with Gasteiger partial charge in [-0.3, -0.25) is 4.84 Å². The first-order valence-electron chi connectivity index (χ1n) is 3.73. The van der Waals surface area contributed by atoms with Gasteiger partial charge in [0.05, 0.1) is 0 Å². The van der Waals surface area contributed by atoms with Gasteiger partial charge in [0.1, 0.15) is 6.10 Å². The Bertz CT molecular complexity index is 85.1. The van der Waals surface area contributed by atoms with Gasteiger partial charge in [0.2, 0.25) is 0 Å². The van der Waals surface area contributed by atoms with Gasteiger partial charge in [-0.1, -0.05) is 0 Å². The summed E-state index contributed by atoms with van der Waals surface area (Å²) in [7, 11) is 0. The zero-order valence-electron chi connectivity index (χ0n) is 5.60. The first kappa shape index (κ1) is 5.69.